The lowest BCUT2D eigenvalue weighted by molar-refractivity contribution is 0.276. The van der Waals surface area contributed by atoms with E-state index < -0.39 is 10.0 Å². The van der Waals surface area contributed by atoms with Gasteiger partial charge in [0.25, 0.3) is 0 Å². The van der Waals surface area contributed by atoms with E-state index in [0.717, 1.165) is 36.5 Å². The zero-order valence-corrected chi connectivity index (χ0v) is 16.0. The van der Waals surface area contributed by atoms with Crippen LogP contribution in [0.3, 0.4) is 0 Å². The maximum absolute atomic E-state index is 13.0. The van der Waals surface area contributed by atoms with Gasteiger partial charge in [-0.3, -0.25) is 10.00 Å². The number of aromatic amines is 1. The maximum Gasteiger partial charge on any atom is 0.246 e. The molecule has 1 N–H and O–H groups in total. The highest BCUT2D eigenvalue weighted by molar-refractivity contribution is 7.89. The molecule has 0 aromatic carbocycles. The van der Waals surface area contributed by atoms with E-state index in [0.29, 0.717) is 35.9 Å². The van der Waals surface area contributed by atoms with Crippen LogP contribution in [0.25, 0.3) is 0 Å². The zero-order chi connectivity index (χ0) is 18.2. The summed E-state index contributed by atoms with van der Waals surface area (Å²) in [5.74, 6) is 0.830. The average molecular weight is 367 g/mol. The summed E-state index contributed by atoms with van der Waals surface area (Å²) in [7, 11) is -3.52. The van der Waals surface area contributed by atoms with Crippen molar-refractivity contribution in [2.45, 2.75) is 45.6 Å². The minimum Gasteiger partial charge on any atom is -0.361 e. The second-order valence-electron chi connectivity index (χ2n) is 6.60. The van der Waals surface area contributed by atoms with Crippen LogP contribution in [0.4, 0.5) is 0 Å². The Bertz CT molecular complexity index is 816. The number of sulfonamides is 1. The van der Waals surface area contributed by atoms with E-state index in [1.807, 2.05) is 13.8 Å². The molecule has 0 bridgehead atoms. The van der Waals surface area contributed by atoms with Gasteiger partial charge in [0.15, 0.2) is 0 Å². The molecule has 2 aromatic rings. The molecule has 25 heavy (non-hydrogen) atoms. The van der Waals surface area contributed by atoms with Crippen molar-refractivity contribution in [1.82, 2.24) is 24.6 Å². The fourth-order valence-electron chi connectivity index (χ4n) is 3.35. The van der Waals surface area contributed by atoms with Crippen molar-refractivity contribution in [3.05, 3.63) is 28.4 Å². The van der Waals surface area contributed by atoms with Crippen LogP contribution in [0.15, 0.2) is 9.42 Å². The highest BCUT2D eigenvalue weighted by atomic mass is 32.2. The van der Waals surface area contributed by atoms with Crippen molar-refractivity contribution in [3.8, 4) is 0 Å². The summed E-state index contributed by atoms with van der Waals surface area (Å²) in [6, 6.07) is 0. The minimum absolute atomic E-state index is 0.312. The summed E-state index contributed by atoms with van der Waals surface area (Å²) in [5.41, 5.74) is 3.11. The summed E-state index contributed by atoms with van der Waals surface area (Å²) < 4.78 is 32.8. The van der Waals surface area contributed by atoms with E-state index in [9.17, 15) is 8.42 Å². The lowest BCUT2D eigenvalue weighted by Gasteiger charge is -2.21. The maximum atomic E-state index is 13.0. The van der Waals surface area contributed by atoms with E-state index >= 15 is 0 Å². The summed E-state index contributed by atoms with van der Waals surface area (Å²) in [5, 5.41) is 10.8. The Morgan fingerprint density at radius 1 is 1.08 bits per heavy atom. The Morgan fingerprint density at radius 2 is 1.84 bits per heavy atom. The molecule has 9 heteroatoms. The minimum atomic E-state index is -3.52. The van der Waals surface area contributed by atoms with E-state index in [-0.39, 0.29) is 0 Å². The van der Waals surface area contributed by atoms with Crippen LogP contribution in [0.1, 0.15) is 34.8 Å². The molecule has 0 radical (unpaired) electrons. The molecule has 0 spiro atoms. The molecule has 1 aliphatic rings. The van der Waals surface area contributed by atoms with Gasteiger partial charge < -0.3 is 4.52 Å². The van der Waals surface area contributed by atoms with Crippen molar-refractivity contribution in [2.75, 3.05) is 26.2 Å². The smallest absolute Gasteiger partial charge is 0.246 e. The first-order valence-corrected chi connectivity index (χ1v) is 9.90. The predicted octanol–water partition coefficient (Wildman–Crippen LogP) is 1.53. The number of hydrogen-bond acceptors (Lipinski definition) is 6. The van der Waals surface area contributed by atoms with Crippen molar-refractivity contribution in [1.29, 1.82) is 0 Å². The highest BCUT2D eigenvalue weighted by Gasteiger charge is 2.31. The van der Waals surface area contributed by atoms with Crippen LogP contribution in [-0.2, 0) is 16.6 Å². The van der Waals surface area contributed by atoms with Crippen molar-refractivity contribution >= 4 is 10.0 Å². The van der Waals surface area contributed by atoms with Crippen LogP contribution < -0.4 is 0 Å². The molecule has 0 atom stereocenters. The standard InChI is InChI=1S/C16H25N5O3S/c1-11-15(14(4)24-19-11)10-20-6-5-7-21(9-8-20)25(22,23)16-12(2)17-18-13(16)3/h5-10H2,1-4H3,(H,17,18). The lowest BCUT2D eigenvalue weighted by Crippen LogP contribution is -2.35. The topological polar surface area (TPSA) is 95.3 Å². The van der Waals surface area contributed by atoms with Crippen LogP contribution in [-0.4, -0.2) is 59.2 Å². The number of aryl methyl sites for hydroxylation is 4. The Labute approximate surface area is 148 Å². The van der Waals surface area contributed by atoms with Crippen molar-refractivity contribution < 1.29 is 12.9 Å². The van der Waals surface area contributed by atoms with Gasteiger partial charge in [0.05, 0.1) is 17.1 Å². The fourth-order valence-corrected chi connectivity index (χ4v) is 5.15. The number of nitrogens with zero attached hydrogens (tertiary/aromatic N) is 4. The largest absolute Gasteiger partial charge is 0.361 e. The molecule has 1 aliphatic heterocycles. The lowest BCUT2D eigenvalue weighted by atomic mass is 10.2. The van der Waals surface area contributed by atoms with Crippen LogP contribution in [0.2, 0.25) is 0 Å². The van der Waals surface area contributed by atoms with Crippen LogP contribution in [0.5, 0.6) is 0 Å². The molecule has 0 saturated carbocycles. The molecular formula is C16H25N5O3S. The van der Waals surface area contributed by atoms with E-state index in [1.165, 1.54) is 0 Å². The normalized spacial score (nSPS) is 17.8. The van der Waals surface area contributed by atoms with E-state index in [2.05, 4.69) is 20.3 Å². The van der Waals surface area contributed by atoms with Gasteiger partial charge in [-0.25, -0.2) is 8.42 Å². The molecule has 0 amide bonds. The highest BCUT2D eigenvalue weighted by Crippen LogP contribution is 2.23. The first-order chi connectivity index (χ1) is 11.8. The fraction of sp³-hybridized carbons (Fsp3) is 0.625. The Hall–Kier alpha value is -1.71. The number of aromatic nitrogens is 3. The Morgan fingerprint density at radius 3 is 2.44 bits per heavy atom. The number of nitrogens with one attached hydrogen (secondary N) is 1. The summed E-state index contributed by atoms with van der Waals surface area (Å²) in [4.78, 5) is 2.57. The van der Waals surface area contributed by atoms with E-state index in [4.69, 9.17) is 4.52 Å². The van der Waals surface area contributed by atoms with Gasteiger partial charge in [0, 0.05) is 31.7 Å². The molecule has 3 rings (SSSR count). The SMILES string of the molecule is Cc1noc(C)c1CN1CCCN(S(=O)(=O)c2c(C)n[nH]c2C)CC1. The van der Waals surface area contributed by atoms with Gasteiger partial charge in [-0.15, -0.1) is 0 Å². The molecule has 0 unspecified atom stereocenters. The number of hydrogen-bond donors (Lipinski definition) is 1. The van der Waals surface area contributed by atoms with Gasteiger partial charge >= 0.3 is 0 Å². The molecule has 1 saturated heterocycles. The second-order valence-corrected chi connectivity index (χ2v) is 8.47. The summed E-state index contributed by atoms with van der Waals surface area (Å²) in [6.45, 7) is 10.6. The third kappa shape index (κ3) is 3.49. The summed E-state index contributed by atoms with van der Waals surface area (Å²) in [6.07, 6.45) is 0.790. The predicted molar refractivity (Wildman–Crippen MR) is 92.7 cm³/mol. The van der Waals surface area contributed by atoms with Gasteiger partial charge in [-0.05, 0) is 40.7 Å². The third-order valence-electron chi connectivity index (χ3n) is 4.77. The van der Waals surface area contributed by atoms with Crippen molar-refractivity contribution in [2.24, 2.45) is 0 Å². The molecular weight excluding hydrogens is 342 g/mol. The zero-order valence-electron chi connectivity index (χ0n) is 15.2. The van der Waals surface area contributed by atoms with Gasteiger partial charge in [0.2, 0.25) is 10.0 Å². The molecule has 3 heterocycles. The molecule has 2 aromatic heterocycles. The first kappa shape index (κ1) is 18.1. The van der Waals surface area contributed by atoms with Gasteiger partial charge in [-0.2, -0.15) is 9.40 Å². The Kier molecular flexibility index (Phi) is 4.99. The van der Waals surface area contributed by atoms with Crippen LogP contribution in [0, 0.1) is 27.7 Å². The monoisotopic (exact) mass is 367 g/mol. The summed E-state index contributed by atoms with van der Waals surface area (Å²) >= 11 is 0. The molecule has 138 valence electrons. The molecule has 1 fully saturated rings. The molecule has 0 aliphatic carbocycles. The Balaban J connectivity index is 1.73. The number of rotatable bonds is 4. The van der Waals surface area contributed by atoms with Gasteiger partial charge in [0.1, 0.15) is 10.7 Å². The number of H-pyrrole nitrogens is 1. The quantitative estimate of drug-likeness (QED) is 0.880. The van der Waals surface area contributed by atoms with Gasteiger partial charge in [-0.1, -0.05) is 5.16 Å². The average Bonchev–Trinajstić information content (AvgIpc) is 2.94. The van der Waals surface area contributed by atoms with Crippen LogP contribution >= 0.6 is 0 Å². The third-order valence-corrected chi connectivity index (χ3v) is 6.93. The molecule has 8 nitrogen and oxygen atoms in total. The van der Waals surface area contributed by atoms with E-state index in [1.54, 1.807) is 18.2 Å². The second kappa shape index (κ2) is 6.89. The van der Waals surface area contributed by atoms with Crippen molar-refractivity contribution in [3.63, 3.8) is 0 Å². The first-order valence-electron chi connectivity index (χ1n) is 8.46.